The highest BCUT2D eigenvalue weighted by atomic mass is 16.6. The zero-order valence-corrected chi connectivity index (χ0v) is 14.3. The molecule has 2 aromatic carbocycles. The molecule has 1 saturated heterocycles. The molecule has 132 valence electrons. The van der Waals surface area contributed by atoms with Crippen molar-refractivity contribution in [3.63, 3.8) is 0 Å². The Labute approximate surface area is 150 Å². The number of cyclic esters (lactones) is 1. The average molecular weight is 350 g/mol. The van der Waals surface area contributed by atoms with Crippen LogP contribution >= 0.6 is 0 Å². The molecule has 2 heterocycles. The number of likely N-dealkylation sites (tertiary alicyclic amines) is 1. The van der Waals surface area contributed by atoms with Gasteiger partial charge in [0.15, 0.2) is 0 Å². The van der Waals surface area contributed by atoms with Crippen LogP contribution in [0, 0.1) is 6.92 Å². The molecule has 0 aromatic heterocycles. The van der Waals surface area contributed by atoms with Gasteiger partial charge in [-0.2, -0.15) is 0 Å². The predicted molar refractivity (Wildman–Crippen MR) is 94.3 cm³/mol. The summed E-state index contributed by atoms with van der Waals surface area (Å²) in [6.45, 7) is 1.94. The number of aryl methyl sites for hydroxylation is 1. The van der Waals surface area contributed by atoms with Gasteiger partial charge in [-0.15, -0.1) is 0 Å². The second-order valence-electron chi connectivity index (χ2n) is 6.56. The third-order valence-electron chi connectivity index (χ3n) is 4.76. The fourth-order valence-corrected chi connectivity index (χ4v) is 3.54. The number of carbonyl (C=O) groups is 3. The van der Waals surface area contributed by atoms with Crippen molar-refractivity contribution in [1.29, 1.82) is 0 Å². The molecule has 6 nitrogen and oxygen atoms in total. The zero-order chi connectivity index (χ0) is 18.3. The fourth-order valence-electron chi connectivity index (χ4n) is 3.54. The van der Waals surface area contributed by atoms with Crippen LogP contribution in [0.25, 0.3) is 0 Å². The molecule has 6 heteroatoms. The molecule has 0 saturated carbocycles. The second-order valence-corrected chi connectivity index (χ2v) is 6.56. The van der Waals surface area contributed by atoms with E-state index >= 15 is 0 Å². The van der Waals surface area contributed by atoms with Crippen molar-refractivity contribution in [2.24, 2.45) is 0 Å². The molecule has 2 aliphatic rings. The lowest BCUT2D eigenvalue weighted by Gasteiger charge is -2.29. The van der Waals surface area contributed by atoms with E-state index in [-0.39, 0.29) is 18.2 Å². The molecule has 0 aliphatic carbocycles. The predicted octanol–water partition coefficient (Wildman–Crippen LogP) is 2.79. The molecule has 0 bridgehead atoms. The summed E-state index contributed by atoms with van der Waals surface area (Å²) < 4.78 is 5.42. The largest absolute Gasteiger partial charge is 0.433 e. The van der Waals surface area contributed by atoms with Crippen molar-refractivity contribution in [3.8, 4) is 0 Å². The summed E-state index contributed by atoms with van der Waals surface area (Å²) >= 11 is 0. The Bertz CT molecular complexity index is 908. The van der Waals surface area contributed by atoms with Crippen LogP contribution in [0.1, 0.15) is 40.6 Å². The van der Waals surface area contributed by atoms with Gasteiger partial charge in [0.05, 0.1) is 5.56 Å². The first-order chi connectivity index (χ1) is 12.5. The maximum absolute atomic E-state index is 12.8. The van der Waals surface area contributed by atoms with E-state index in [2.05, 4.69) is 5.32 Å². The number of fused-ring (bicyclic) bond motifs is 1. The number of anilines is 1. The van der Waals surface area contributed by atoms with Crippen molar-refractivity contribution >= 4 is 23.5 Å². The van der Waals surface area contributed by atoms with E-state index in [1.54, 1.807) is 30.3 Å². The lowest BCUT2D eigenvalue weighted by atomic mass is 10.1. The molecule has 1 N–H and O–H groups in total. The SMILES string of the molecule is Cc1cccc(NC(=O)[C@@H]2CCC(=O)N2[C@@H]2OC(=O)c3ccccc32)c1. The Morgan fingerprint density at radius 1 is 1.15 bits per heavy atom. The van der Waals surface area contributed by atoms with E-state index in [4.69, 9.17) is 4.74 Å². The van der Waals surface area contributed by atoms with Gasteiger partial charge in [-0.1, -0.05) is 30.3 Å². The number of ether oxygens (including phenoxy) is 1. The average Bonchev–Trinajstić information content (AvgIpc) is 3.15. The monoisotopic (exact) mass is 350 g/mol. The molecule has 0 unspecified atom stereocenters. The summed E-state index contributed by atoms with van der Waals surface area (Å²) in [7, 11) is 0. The number of hydrogen-bond donors (Lipinski definition) is 1. The Hall–Kier alpha value is -3.15. The first-order valence-electron chi connectivity index (χ1n) is 8.53. The Morgan fingerprint density at radius 3 is 2.77 bits per heavy atom. The van der Waals surface area contributed by atoms with E-state index < -0.39 is 18.2 Å². The van der Waals surface area contributed by atoms with E-state index in [9.17, 15) is 14.4 Å². The topological polar surface area (TPSA) is 75.7 Å². The molecule has 0 spiro atoms. The zero-order valence-electron chi connectivity index (χ0n) is 14.3. The van der Waals surface area contributed by atoms with Gasteiger partial charge >= 0.3 is 5.97 Å². The molecule has 2 aliphatic heterocycles. The number of carbonyl (C=O) groups excluding carboxylic acids is 3. The van der Waals surface area contributed by atoms with Gasteiger partial charge in [0.2, 0.25) is 18.0 Å². The van der Waals surface area contributed by atoms with Gasteiger partial charge in [-0.3, -0.25) is 14.5 Å². The molecule has 2 atom stereocenters. The summed E-state index contributed by atoms with van der Waals surface area (Å²) in [4.78, 5) is 38.7. The summed E-state index contributed by atoms with van der Waals surface area (Å²) in [5, 5.41) is 2.86. The molecule has 0 radical (unpaired) electrons. The van der Waals surface area contributed by atoms with Crippen molar-refractivity contribution < 1.29 is 19.1 Å². The third kappa shape index (κ3) is 2.73. The number of amides is 2. The number of hydrogen-bond acceptors (Lipinski definition) is 4. The Balaban J connectivity index is 1.60. The van der Waals surface area contributed by atoms with Gasteiger partial charge in [0, 0.05) is 17.7 Å². The van der Waals surface area contributed by atoms with Gasteiger partial charge < -0.3 is 10.1 Å². The number of benzene rings is 2. The summed E-state index contributed by atoms with van der Waals surface area (Å²) in [5.41, 5.74) is 2.77. The van der Waals surface area contributed by atoms with Crippen molar-refractivity contribution in [3.05, 3.63) is 65.2 Å². The van der Waals surface area contributed by atoms with Crippen molar-refractivity contribution in [2.75, 3.05) is 5.32 Å². The summed E-state index contributed by atoms with van der Waals surface area (Å²) in [6, 6.07) is 13.7. The first kappa shape index (κ1) is 16.3. The van der Waals surface area contributed by atoms with Crippen molar-refractivity contribution in [2.45, 2.75) is 32.0 Å². The fraction of sp³-hybridized carbons (Fsp3) is 0.250. The molecule has 1 fully saturated rings. The van der Waals surface area contributed by atoms with Crippen LogP contribution in [-0.2, 0) is 14.3 Å². The van der Waals surface area contributed by atoms with Crippen LogP contribution in [-0.4, -0.2) is 28.7 Å². The smallest absolute Gasteiger partial charge is 0.340 e. The number of nitrogens with zero attached hydrogens (tertiary/aromatic N) is 1. The lowest BCUT2D eigenvalue weighted by molar-refractivity contribution is -0.144. The molecule has 4 rings (SSSR count). The van der Waals surface area contributed by atoms with E-state index in [1.807, 2.05) is 25.1 Å². The highest BCUT2D eigenvalue weighted by Gasteiger charge is 2.46. The van der Waals surface area contributed by atoms with E-state index in [0.29, 0.717) is 23.2 Å². The molecule has 2 amide bonds. The van der Waals surface area contributed by atoms with Crippen LogP contribution in [0.4, 0.5) is 5.69 Å². The second kappa shape index (κ2) is 6.29. The summed E-state index contributed by atoms with van der Waals surface area (Å²) in [5.74, 6) is -0.936. The molecule has 26 heavy (non-hydrogen) atoms. The summed E-state index contributed by atoms with van der Waals surface area (Å²) in [6.07, 6.45) is -0.198. The molecular formula is C20H18N2O4. The number of rotatable bonds is 3. The minimum atomic E-state index is -0.845. The number of esters is 1. The quantitative estimate of drug-likeness (QED) is 0.864. The highest BCUT2D eigenvalue weighted by molar-refractivity contribution is 6.00. The van der Waals surface area contributed by atoms with Crippen LogP contribution < -0.4 is 5.32 Å². The Morgan fingerprint density at radius 2 is 1.96 bits per heavy atom. The maximum atomic E-state index is 12.8. The maximum Gasteiger partial charge on any atom is 0.340 e. The standard InChI is InChI=1S/C20H18N2O4/c1-12-5-4-6-13(11-12)21-18(24)16-9-10-17(23)22(16)19-14-7-2-3-8-15(14)20(25)26-19/h2-8,11,16,19H,9-10H2,1H3,(H,21,24)/t16-,19+/m0/s1. The first-order valence-corrected chi connectivity index (χ1v) is 8.53. The van der Waals surface area contributed by atoms with Gasteiger partial charge in [-0.05, 0) is 37.1 Å². The van der Waals surface area contributed by atoms with Gasteiger partial charge in [0.25, 0.3) is 0 Å². The van der Waals surface area contributed by atoms with Crippen LogP contribution in [0.3, 0.4) is 0 Å². The molecular weight excluding hydrogens is 332 g/mol. The van der Waals surface area contributed by atoms with Crippen LogP contribution in [0.2, 0.25) is 0 Å². The van der Waals surface area contributed by atoms with Gasteiger partial charge in [0.1, 0.15) is 6.04 Å². The number of nitrogens with one attached hydrogen (secondary N) is 1. The lowest BCUT2D eigenvalue weighted by Crippen LogP contribution is -2.43. The van der Waals surface area contributed by atoms with E-state index in [0.717, 1.165) is 5.56 Å². The van der Waals surface area contributed by atoms with E-state index in [1.165, 1.54) is 4.90 Å². The minimum absolute atomic E-state index is 0.191. The highest BCUT2D eigenvalue weighted by Crippen LogP contribution is 2.38. The van der Waals surface area contributed by atoms with Gasteiger partial charge in [-0.25, -0.2) is 4.79 Å². The minimum Gasteiger partial charge on any atom is -0.433 e. The van der Waals surface area contributed by atoms with Crippen molar-refractivity contribution in [1.82, 2.24) is 4.90 Å². The van der Waals surface area contributed by atoms with Crippen LogP contribution in [0.5, 0.6) is 0 Å². The Kier molecular flexibility index (Phi) is 3.95. The third-order valence-corrected chi connectivity index (χ3v) is 4.76. The van der Waals surface area contributed by atoms with Crippen LogP contribution in [0.15, 0.2) is 48.5 Å². The normalized spacial score (nSPS) is 21.5. The molecule has 2 aromatic rings.